The zero-order chi connectivity index (χ0) is 22.4. The number of amides is 3. The van der Waals surface area contributed by atoms with Gasteiger partial charge in [-0.15, -0.1) is 0 Å². The van der Waals surface area contributed by atoms with Crippen LogP contribution in [0.1, 0.15) is 25.0 Å². The number of aryl methyl sites for hydroxylation is 1. The molecule has 2 aromatic carbocycles. The molecule has 0 bridgehead atoms. The Balaban J connectivity index is 1.75. The summed E-state index contributed by atoms with van der Waals surface area (Å²) in [5.74, 6) is 0.261. The smallest absolute Gasteiger partial charge is 0.294 e. The molecule has 1 fully saturated rings. The molecular weight excluding hydrogens is 416 g/mol. The Morgan fingerprint density at radius 1 is 1.10 bits per heavy atom. The van der Waals surface area contributed by atoms with Gasteiger partial charge in [0.25, 0.3) is 11.1 Å². The summed E-state index contributed by atoms with van der Waals surface area (Å²) >= 11 is 0.800. The third-order valence-electron chi connectivity index (χ3n) is 4.36. The number of anilines is 1. The maximum Gasteiger partial charge on any atom is 0.294 e. The molecule has 1 aliphatic rings. The van der Waals surface area contributed by atoms with Crippen molar-refractivity contribution in [2.75, 3.05) is 25.1 Å². The fourth-order valence-electron chi connectivity index (χ4n) is 3.02. The molecule has 0 saturated carbocycles. The second-order valence-corrected chi connectivity index (χ2v) is 7.74. The standard InChI is InChI=1S/C23H24N2O5S/c1-4-29-18-10-9-16(19(13-18)30-5-2)12-20-22(27)25(23(28)31-20)14-21(26)24-17-8-6-7-15(3)11-17/h6-13H,4-5,14H2,1-3H3,(H,24,26)/b20-12+. The van der Waals surface area contributed by atoms with E-state index in [-0.39, 0.29) is 11.4 Å². The van der Waals surface area contributed by atoms with Gasteiger partial charge in [0.15, 0.2) is 0 Å². The van der Waals surface area contributed by atoms with Crippen molar-refractivity contribution in [1.82, 2.24) is 4.90 Å². The average Bonchev–Trinajstić information content (AvgIpc) is 2.97. The van der Waals surface area contributed by atoms with Crippen LogP contribution in [0.4, 0.5) is 10.5 Å². The predicted octanol–water partition coefficient (Wildman–Crippen LogP) is 4.47. The molecule has 1 saturated heterocycles. The van der Waals surface area contributed by atoms with Crippen molar-refractivity contribution in [3.63, 3.8) is 0 Å². The number of rotatable bonds is 8. The molecule has 162 valence electrons. The number of hydrogen-bond acceptors (Lipinski definition) is 6. The van der Waals surface area contributed by atoms with Gasteiger partial charge in [0.2, 0.25) is 5.91 Å². The molecule has 8 heteroatoms. The zero-order valence-electron chi connectivity index (χ0n) is 17.6. The fourth-order valence-corrected chi connectivity index (χ4v) is 3.84. The van der Waals surface area contributed by atoms with Gasteiger partial charge < -0.3 is 14.8 Å². The van der Waals surface area contributed by atoms with Crippen LogP contribution in [0.5, 0.6) is 11.5 Å². The maximum absolute atomic E-state index is 12.8. The molecule has 0 aromatic heterocycles. The molecule has 0 unspecified atom stereocenters. The van der Waals surface area contributed by atoms with E-state index in [9.17, 15) is 14.4 Å². The van der Waals surface area contributed by atoms with Crippen LogP contribution in [-0.2, 0) is 9.59 Å². The van der Waals surface area contributed by atoms with Crippen LogP contribution in [0.15, 0.2) is 47.4 Å². The van der Waals surface area contributed by atoms with E-state index in [2.05, 4.69) is 5.32 Å². The lowest BCUT2D eigenvalue weighted by Crippen LogP contribution is -2.36. The Morgan fingerprint density at radius 3 is 2.58 bits per heavy atom. The van der Waals surface area contributed by atoms with Gasteiger partial charge in [-0.2, -0.15) is 0 Å². The maximum atomic E-state index is 12.8. The number of nitrogens with zero attached hydrogens (tertiary/aromatic N) is 1. The summed E-state index contributed by atoms with van der Waals surface area (Å²) in [6, 6.07) is 12.6. The SMILES string of the molecule is CCOc1ccc(/C=C2/SC(=O)N(CC(=O)Nc3cccc(C)c3)C2=O)c(OCC)c1. The van der Waals surface area contributed by atoms with Crippen molar-refractivity contribution in [1.29, 1.82) is 0 Å². The highest BCUT2D eigenvalue weighted by Gasteiger charge is 2.36. The van der Waals surface area contributed by atoms with Gasteiger partial charge in [0, 0.05) is 17.3 Å². The summed E-state index contributed by atoms with van der Waals surface area (Å²) < 4.78 is 11.1. The second-order valence-electron chi connectivity index (χ2n) is 6.75. The minimum Gasteiger partial charge on any atom is -0.494 e. The van der Waals surface area contributed by atoms with Crippen molar-refractivity contribution in [3.8, 4) is 11.5 Å². The van der Waals surface area contributed by atoms with Crippen molar-refractivity contribution < 1.29 is 23.9 Å². The topological polar surface area (TPSA) is 84.9 Å². The van der Waals surface area contributed by atoms with Crippen molar-refractivity contribution >= 4 is 40.6 Å². The van der Waals surface area contributed by atoms with Crippen LogP contribution in [0, 0.1) is 6.92 Å². The Hall–Kier alpha value is -3.26. The second kappa shape index (κ2) is 10.2. The summed E-state index contributed by atoms with van der Waals surface area (Å²) in [5, 5.41) is 2.23. The Bertz CT molecular complexity index is 1030. The van der Waals surface area contributed by atoms with Gasteiger partial charge in [-0.1, -0.05) is 12.1 Å². The minimum atomic E-state index is -0.509. The minimum absolute atomic E-state index is 0.235. The first-order chi connectivity index (χ1) is 14.9. The Labute approximate surface area is 185 Å². The van der Waals surface area contributed by atoms with Crippen molar-refractivity contribution in [2.45, 2.75) is 20.8 Å². The summed E-state index contributed by atoms with van der Waals surface area (Å²) in [6.45, 7) is 6.27. The monoisotopic (exact) mass is 440 g/mol. The third kappa shape index (κ3) is 5.67. The van der Waals surface area contributed by atoms with Gasteiger partial charge >= 0.3 is 0 Å². The van der Waals surface area contributed by atoms with Gasteiger partial charge in [0.05, 0.1) is 18.1 Å². The number of thioether (sulfide) groups is 1. The van der Waals surface area contributed by atoms with Gasteiger partial charge in [0.1, 0.15) is 18.0 Å². The molecule has 3 rings (SSSR count). The first-order valence-electron chi connectivity index (χ1n) is 9.92. The van der Waals surface area contributed by atoms with Gasteiger partial charge in [-0.05, 0) is 68.4 Å². The number of hydrogen-bond donors (Lipinski definition) is 1. The summed E-state index contributed by atoms with van der Waals surface area (Å²) in [7, 11) is 0. The molecule has 1 aliphatic heterocycles. The molecule has 2 aromatic rings. The van der Waals surface area contributed by atoms with Gasteiger partial charge in [-0.25, -0.2) is 0 Å². The normalized spacial score (nSPS) is 14.8. The zero-order valence-corrected chi connectivity index (χ0v) is 18.5. The van der Waals surface area contributed by atoms with E-state index in [1.807, 2.05) is 39.0 Å². The third-order valence-corrected chi connectivity index (χ3v) is 5.27. The van der Waals surface area contributed by atoms with Crippen LogP contribution in [0.3, 0.4) is 0 Å². The molecule has 0 aliphatic carbocycles. The van der Waals surface area contributed by atoms with Crippen molar-refractivity contribution in [2.24, 2.45) is 0 Å². The molecule has 7 nitrogen and oxygen atoms in total. The number of carbonyl (C=O) groups excluding carboxylic acids is 3. The number of carbonyl (C=O) groups is 3. The molecule has 0 radical (unpaired) electrons. The first kappa shape index (κ1) is 22.4. The molecule has 1 N–H and O–H groups in total. The van der Waals surface area contributed by atoms with E-state index >= 15 is 0 Å². The molecule has 3 amide bonds. The largest absolute Gasteiger partial charge is 0.494 e. The number of benzene rings is 2. The summed E-state index contributed by atoms with van der Waals surface area (Å²) in [5.41, 5.74) is 2.26. The quantitative estimate of drug-likeness (QED) is 0.610. The lowest BCUT2D eigenvalue weighted by Gasteiger charge is -2.13. The van der Waals surface area contributed by atoms with Crippen LogP contribution in [0.25, 0.3) is 6.08 Å². The molecule has 0 atom stereocenters. The number of imide groups is 1. The van der Waals surface area contributed by atoms with Gasteiger partial charge in [-0.3, -0.25) is 19.3 Å². The van der Waals surface area contributed by atoms with E-state index < -0.39 is 17.1 Å². The van der Waals surface area contributed by atoms with Crippen LogP contribution in [-0.4, -0.2) is 41.7 Å². The van der Waals surface area contributed by atoms with E-state index in [4.69, 9.17) is 9.47 Å². The Kier molecular flexibility index (Phi) is 7.36. The lowest BCUT2D eigenvalue weighted by atomic mass is 10.1. The highest BCUT2D eigenvalue weighted by molar-refractivity contribution is 8.18. The first-order valence-corrected chi connectivity index (χ1v) is 10.7. The van der Waals surface area contributed by atoms with E-state index in [1.54, 1.807) is 30.3 Å². The van der Waals surface area contributed by atoms with Crippen molar-refractivity contribution in [3.05, 3.63) is 58.5 Å². The highest BCUT2D eigenvalue weighted by atomic mass is 32.2. The fraction of sp³-hybridized carbons (Fsp3) is 0.261. The number of ether oxygens (including phenoxy) is 2. The van der Waals surface area contributed by atoms with Crippen LogP contribution in [0.2, 0.25) is 0 Å². The van der Waals surface area contributed by atoms with E-state index in [0.717, 1.165) is 22.2 Å². The summed E-state index contributed by atoms with van der Waals surface area (Å²) in [4.78, 5) is 38.7. The molecule has 0 spiro atoms. The summed E-state index contributed by atoms with van der Waals surface area (Å²) in [6.07, 6.45) is 1.60. The molecule has 31 heavy (non-hydrogen) atoms. The number of nitrogens with one attached hydrogen (secondary N) is 1. The van der Waals surface area contributed by atoms with Crippen LogP contribution >= 0.6 is 11.8 Å². The van der Waals surface area contributed by atoms with Crippen LogP contribution < -0.4 is 14.8 Å². The lowest BCUT2D eigenvalue weighted by molar-refractivity contribution is -0.127. The molecule has 1 heterocycles. The van der Waals surface area contributed by atoms with E-state index in [0.29, 0.717) is 36.0 Å². The van der Waals surface area contributed by atoms with E-state index in [1.165, 1.54) is 0 Å². The Morgan fingerprint density at radius 2 is 1.87 bits per heavy atom. The average molecular weight is 441 g/mol. The molecular formula is C23H24N2O5S. The highest BCUT2D eigenvalue weighted by Crippen LogP contribution is 2.35. The predicted molar refractivity (Wildman–Crippen MR) is 121 cm³/mol.